The SMILES string of the molecule is C[C@@]1(C[C@H](NC(=O)[C@H](Cc2cccc(OCO)c2)NC(=O)C[C@H](O)NC(=O)CN2CCOCC2)C(=O)C2=CCCCC2)CO1. The highest BCUT2D eigenvalue weighted by atomic mass is 16.6. The average molecular weight is 617 g/mol. The van der Waals surface area contributed by atoms with Gasteiger partial charge in [0.2, 0.25) is 17.7 Å². The molecule has 44 heavy (non-hydrogen) atoms. The zero-order valence-corrected chi connectivity index (χ0v) is 25.2. The predicted molar refractivity (Wildman–Crippen MR) is 158 cm³/mol. The number of rotatable bonds is 16. The van der Waals surface area contributed by atoms with Gasteiger partial charge in [0.15, 0.2) is 12.6 Å². The lowest BCUT2D eigenvalue weighted by molar-refractivity contribution is -0.133. The number of Topliss-reactive ketones (excluding diaryl/α,β-unsaturated/α-hetero) is 1. The molecule has 13 heteroatoms. The van der Waals surface area contributed by atoms with Crippen molar-refractivity contribution < 1.29 is 43.6 Å². The van der Waals surface area contributed by atoms with Gasteiger partial charge in [0, 0.05) is 25.9 Å². The van der Waals surface area contributed by atoms with Gasteiger partial charge in [0.1, 0.15) is 18.0 Å². The number of hydrogen-bond acceptors (Lipinski definition) is 10. The van der Waals surface area contributed by atoms with Crippen LogP contribution in [0.4, 0.5) is 0 Å². The van der Waals surface area contributed by atoms with E-state index in [0.29, 0.717) is 62.6 Å². The number of nitrogens with one attached hydrogen (secondary N) is 3. The fourth-order valence-electron chi connectivity index (χ4n) is 5.40. The normalized spacial score (nSPS) is 22.1. The van der Waals surface area contributed by atoms with Crippen molar-refractivity contribution in [1.82, 2.24) is 20.9 Å². The van der Waals surface area contributed by atoms with E-state index in [0.717, 1.165) is 19.3 Å². The first-order chi connectivity index (χ1) is 21.1. The molecule has 0 unspecified atom stereocenters. The number of nitrogens with zero attached hydrogens (tertiary/aromatic N) is 1. The lowest BCUT2D eigenvalue weighted by atomic mass is 9.89. The summed E-state index contributed by atoms with van der Waals surface area (Å²) in [6.07, 6.45) is 3.70. The lowest BCUT2D eigenvalue weighted by Crippen LogP contribution is -2.54. The fourth-order valence-corrected chi connectivity index (χ4v) is 5.40. The quantitative estimate of drug-likeness (QED) is 0.125. The van der Waals surface area contributed by atoms with E-state index in [2.05, 4.69) is 16.0 Å². The summed E-state index contributed by atoms with van der Waals surface area (Å²) in [7, 11) is 0. The standard InChI is InChI=1S/C31H44N4O9/c1-31(19-44-31)17-25(29(40)22-7-3-2-4-8-22)33-30(41)24(15-21-6-5-9-23(14-21)43-20-36)32-26(37)16-27(38)34-28(39)18-35-10-12-42-13-11-35/h5-7,9,14,24-25,27,36,38H,2-4,8,10-13,15-20H2,1H3,(H,32,37)(H,33,41)(H,34,39)/t24-,25-,27-,31+/m0/s1. The maximum Gasteiger partial charge on any atom is 0.243 e. The number of morpholine rings is 1. The summed E-state index contributed by atoms with van der Waals surface area (Å²) in [6.45, 7) is 4.14. The van der Waals surface area contributed by atoms with Gasteiger partial charge in [-0.2, -0.15) is 0 Å². The number of carbonyl (C=O) groups excluding carboxylic acids is 4. The van der Waals surface area contributed by atoms with Crippen LogP contribution >= 0.6 is 0 Å². The molecule has 0 radical (unpaired) electrons. The Kier molecular flexibility index (Phi) is 12.3. The molecule has 0 spiro atoms. The van der Waals surface area contributed by atoms with E-state index in [1.54, 1.807) is 24.3 Å². The first kappa shape index (κ1) is 33.5. The van der Waals surface area contributed by atoms with Gasteiger partial charge in [-0.25, -0.2) is 0 Å². The molecule has 4 atom stereocenters. The molecular weight excluding hydrogens is 572 g/mol. The van der Waals surface area contributed by atoms with Crippen LogP contribution in [0.15, 0.2) is 35.9 Å². The number of allylic oxidation sites excluding steroid dienone is 1. The summed E-state index contributed by atoms with van der Waals surface area (Å²) >= 11 is 0. The molecule has 0 bridgehead atoms. The minimum Gasteiger partial charge on any atom is -0.468 e. The van der Waals surface area contributed by atoms with Crippen LogP contribution in [0.3, 0.4) is 0 Å². The van der Waals surface area contributed by atoms with Gasteiger partial charge in [-0.05, 0) is 55.9 Å². The summed E-state index contributed by atoms with van der Waals surface area (Å²) in [5.41, 5.74) is 0.809. The van der Waals surface area contributed by atoms with E-state index >= 15 is 0 Å². The van der Waals surface area contributed by atoms with Crippen molar-refractivity contribution in [3.63, 3.8) is 0 Å². The minimum atomic E-state index is -1.46. The third kappa shape index (κ3) is 10.7. The van der Waals surface area contributed by atoms with Crippen LogP contribution in [-0.2, 0) is 35.1 Å². The number of ether oxygens (including phenoxy) is 3. The Labute approximate surface area is 257 Å². The van der Waals surface area contributed by atoms with Gasteiger partial charge in [-0.15, -0.1) is 0 Å². The number of amides is 3. The number of epoxide rings is 1. The maximum absolute atomic E-state index is 13.7. The van der Waals surface area contributed by atoms with Crippen LogP contribution in [-0.4, -0.2) is 109 Å². The van der Waals surface area contributed by atoms with E-state index in [1.807, 2.05) is 17.9 Å². The molecule has 4 rings (SSSR count). The van der Waals surface area contributed by atoms with E-state index in [-0.39, 0.29) is 18.7 Å². The second-order valence-electron chi connectivity index (χ2n) is 11.8. The molecule has 3 aliphatic rings. The molecule has 0 aromatic heterocycles. The van der Waals surface area contributed by atoms with Crippen LogP contribution < -0.4 is 20.7 Å². The largest absolute Gasteiger partial charge is 0.468 e. The van der Waals surface area contributed by atoms with Crippen molar-refractivity contribution in [2.75, 3.05) is 46.2 Å². The molecule has 242 valence electrons. The third-order valence-electron chi connectivity index (χ3n) is 7.91. The topological polar surface area (TPSA) is 179 Å². The second kappa shape index (κ2) is 16.1. The number of aliphatic hydroxyl groups is 2. The van der Waals surface area contributed by atoms with Gasteiger partial charge in [0.25, 0.3) is 0 Å². The number of hydrogen-bond donors (Lipinski definition) is 5. The molecule has 0 saturated carbocycles. The van der Waals surface area contributed by atoms with Gasteiger partial charge in [-0.1, -0.05) is 18.2 Å². The average Bonchev–Trinajstić information content (AvgIpc) is 3.73. The van der Waals surface area contributed by atoms with Crippen LogP contribution in [0.2, 0.25) is 0 Å². The Morgan fingerprint density at radius 3 is 2.52 bits per heavy atom. The summed E-state index contributed by atoms with van der Waals surface area (Å²) < 4.78 is 16.0. The number of benzene rings is 1. The Morgan fingerprint density at radius 2 is 1.84 bits per heavy atom. The summed E-state index contributed by atoms with van der Waals surface area (Å²) in [6, 6.07) is 4.76. The van der Waals surface area contributed by atoms with Crippen molar-refractivity contribution in [1.29, 1.82) is 0 Å². The molecule has 2 fully saturated rings. The van der Waals surface area contributed by atoms with E-state index in [4.69, 9.17) is 19.3 Å². The molecule has 2 saturated heterocycles. The molecule has 5 N–H and O–H groups in total. The minimum absolute atomic E-state index is 0.0388. The highest BCUT2D eigenvalue weighted by Gasteiger charge is 2.44. The molecule has 1 aromatic rings. The zero-order chi connectivity index (χ0) is 31.5. The van der Waals surface area contributed by atoms with Crippen molar-refractivity contribution in [3.05, 3.63) is 41.5 Å². The maximum atomic E-state index is 13.7. The van der Waals surface area contributed by atoms with E-state index in [1.165, 1.54) is 0 Å². The van der Waals surface area contributed by atoms with Crippen LogP contribution in [0.25, 0.3) is 0 Å². The van der Waals surface area contributed by atoms with Gasteiger partial charge >= 0.3 is 0 Å². The lowest BCUT2D eigenvalue weighted by Gasteiger charge is -2.27. The highest BCUT2D eigenvalue weighted by Crippen LogP contribution is 2.33. The highest BCUT2D eigenvalue weighted by molar-refractivity contribution is 6.02. The fraction of sp³-hybridized carbons (Fsp3) is 0.613. The van der Waals surface area contributed by atoms with Crippen molar-refractivity contribution >= 4 is 23.5 Å². The van der Waals surface area contributed by atoms with E-state index < -0.39 is 54.8 Å². The summed E-state index contributed by atoms with van der Waals surface area (Å²) in [4.78, 5) is 54.5. The van der Waals surface area contributed by atoms with Crippen LogP contribution in [0.1, 0.15) is 51.0 Å². The molecule has 3 amide bonds. The smallest absolute Gasteiger partial charge is 0.243 e. The molecule has 2 heterocycles. The van der Waals surface area contributed by atoms with Crippen molar-refractivity contribution in [3.8, 4) is 5.75 Å². The summed E-state index contributed by atoms with van der Waals surface area (Å²) in [5.74, 6) is -1.45. The van der Waals surface area contributed by atoms with Crippen molar-refractivity contribution in [2.45, 2.75) is 75.8 Å². The second-order valence-corrected chi connectivity index (χ2v) is 11.8. The predicted octanol–water partition coefficient (Wildman–Crippen LogP) is -0.0673. The molecule has 13 nitrogen and oxygen atoms in total. The van der Waals surface area contributed by atoms with Gasteiger partial charge < -0.3 is 40.4 Å². The molecule has 1 aromatic carbocycles. The number of ketones is 1. The van der Waals surface area contributed by atoms with Crippen LogP contribution in [0.5, 0.6) is 5.75 Å². The van der Waals surface area contributed by atoms with E-state index in [9.17, 15) is 24.3 Å². The monoisotopic (exact) mass is 616 g/mol. The molecule has 2 aliphatic heterocycles. The molecule has 1 aliphatic carbocycles. The first-order valence-corrected chi connectivity index (χ1v) is 15.2. The Bertz CT molecular complexity index is 1200. The number of aliphatic hydroxyl groups excluding tert-OH is 2. The first-order valence-electron chi connectivity index (χ1n) is 15.2. The van der Waals surface area contributed by atoms with Crippen molar-refractivity contribution in [2.24, 2.45) is 0 Å². The Balaban J connectivity index is 1.43. The Hall–Kier alpha value is -3.36. The van der Waals surface area contributed by atoms with Crippen LogP contribution in [0, 0.1) is 0 Å². The zero-order valence-electron chi connectivity index (χ0n) is 25.2. The molecular formula is C31H44N4O9. The van der Waals surface area contributed by atoms with Gasteiger partial charge in [-0.3, -0.25) is 24.1 Å². The Morgan fingerprint density at radius 1 is 1.07 bits per heavy atom. The third-order valence-corrected chi connectivity index (χ3v) is 7.91. The van der Waals surface area contributed by atoms with Gasteiger partial charge in [0.05, 0.1) is 44.4 Å². The number of carbonyl (C=O) groups is 4. The summed E-state index contributed by atoms with van der Waals surface area (Å²) in [5, 5.41) is 27.5.